The summed E-state index contributed by atoms with van der Waals surface area (Å²) in [6.45, 7) is 8.22. The van der Waals surface area contributed by atoms with Crippen molar-refractivity contribution < 1.29 is 18.7 Å². The average molecular weight is 449 g/mol. The lowest BCUT2D eigenvalue weighted by molar-refractivity contribution is 0.0694. The summed E-state index contributed by atoms with van der Waals surface area (Å²) in [6, 6.07) is 0.934. The van der Waals surface area contributed by atoms with Crippen molar-refractivity contribution in [2.45, 2.75) is 32.7 Å². The zero-order valence-corrected chi connectivity index (χ0v) is 18.5. The lowest BCUT2D eigenvalue weighted by Crippen LogP contribution is -2.33. The Balaban J connectivity index is 1.80. The van der Waals surface area contributed by atoms with E-state index in [1.807, 2.05) is 13.8 Å². The van der Waals surface area contributed by atoms with Crippen molar-refractivity contribution in [3.05, 3.63) is 39.7 Å². The van der Waals surface area contributed by atoms with Gasteiger partial charge in [0.2, 0.25) is 5.43 Å². The number of pyridine rings is 1. The number of carbonyl (C=O) groups is 1. The quantitative estimate of drug-likeness (QED) is 0.547. The van der Waals surface area contributed by atoms with Gasteiger partial charge in [0.05, 0.1) is 10.9 Å². The number of rotatable bonds is 9. The van der Waals surface area contributed by atoms with E-state index in [9.17, 15) is 14.7 Å². The second-order valence-electron chi connectivity index (χ2n) is 8.77. The summed E-state index contributed by atoms with van der Waals surface area (Å²) in [4.78, 5) is 26.0. The van der Waals surface area contributed by atoms with E-state index in [1.54, 1.807) is 4.90 Å². The molecule has 3 N–H and O–H groups in total. The first-order valence-electron chi connectivity index (χ1n) is 11.3. The van der Waals surface area contributed by atoms with Crippen LogP contribution in [0.15, 0.2) is 17.1 Å². The van der Waals surface area contributed by atoms with Crippen LogP contribution in [0.5, 0.6) is 0 Å². The van der Waals surface area contributed by atoms with Crippen LogP contribution in [-0.4, -0.2) is 54.9 Å². The van der Waals surface area contributed by atoms with E-state index in [0.717, 1.165) is 45.1 Å². The first kappa shape index (κ1) is 22.7. The van der Waals surface area contributed by atoms with Crippen LogP contribution >= 0.6 is 0 Å². The van der Waals surface area contributed by atoms with E-state index < -0.39 is 28.6 Å². The standard InChI is InChI=1S/C23H30F2N4O3/c1-3-26-8-13-10-28(11-14(13)9-27-4-2)21-18(24)7-16-20(19(21)25)29(15-5-6-15)12-17(22(16)30)23(31)32/h7,12-15,26-27H,3-6,8-11H2,1-2H3,(H,31,32). The number of aromatic carboxylic acids is 1. The monoisotopic (exact) mass is 448 g/mol. The predicted molar refractivity (Wildman–Crippen MR) is 120 cm³/mol. The Morgan fingerprint density at radius 2 is 1.72 bits per heavy atom. The average Bonchev–Trinajstić information content (AvgIpc) is 3.52. The Kier molecular flexibility index (Phi) is 6.48. The number of nitrogens with zero attached hydrogens (tertiary/aromatic N) is 2. The second kappa shape index (κ2) is 9.15. The van der Waals surface area contributed by atoms with Crippen LogP contribution in [0.25, 0.3) is 10.9 Å². The Bertz CT molecular complexity index is 1070. The third-order valence-corrected chi connectivity index (χ3v) is 6.56. The molecule has 1 saturated heterocycles. The SMILES string of the molecule is CCNCC1CN(c2c(F)cc3c(=O)c(C(=O)O)cn(C4CC4)c3c2F)CC1CNCC. The van der Waals surface area contributed by atoms with Crippen LogP contribution in [0, 0.1) is 23.5 Å². The Morgan fingerprint density at radius 1 is 1.12 bits per heavy atom. The van der Waals surface area contributed by atoms with Gasteiger partial charge in [-0.25, -0.2) is 13.6 Å². The number of benzene rings is 1. The molecule has 2 unspecified atom stereocenters. The fourth-order valence-corrected chi connectivity index (χ4v) is 4.76. The van der Waals surface area contributed by atoms with Crippen molar-refractivity contribution in [1.82, 2.24) is 15.2 Å². The third-order valence-electron chi connectivity index (χ3n) is 6.56. The molecular weight excluding hydrogens is 418 g/mol. The van der Waals surface area contributed by atoms with Gasteiger partial charge in [-0.15, -0.1) is 0 Å². The number of carboxylic acids is 1. The van der Waals surface area contributed by atoms with Crippen molar-refractivity contribution in [2.75, 3.05) is 44.2 Å². The Hall–Kier alpha value is -2.52. The zero-order chi connectivity index (χ0) is 23.0. The Labute approximate surface area is 185 Å². The molecule has 2 heterocycles. The van der Waals surface area contributed by atoms with E-state index in [1.165, 1.54) is 10.8 Å². The van der Waals surface area contributed by atoms with Crippen molar-refractivity contribution in [2.24, 2.45) is 11.8 Å². The number of anilines is 1. The highest BCUT2D eigenvalue weighted by atomic mass is 19.1. The number of fused-ring (bicyclic) bond motifs is 1. The molecule has 174 valence electrons. The number of aromatic nitrogens is 1. The molecule has 1 aliphatic heterocycles. The van der Waals surface area contributed by atoms with Gasteiger partial charge < -0.3 is 25.2 Å². The van der Waals surface area contributed by atoms with E-state index in [-0.39, 0.29) is 34.5 Å². The van der Waals surface area contributed by atoms with Gasteiger partial charge in [-0.3, -0.25) is 4.79 Å². The summed E-state index contributed by atoms with van der Waals surface area (Å²) < 4.78 is 32.6. The molecule has 0 spiro atoms. The smallest absolute Gasteiger partial charge is 0.341 e. The summed E-state index contributed by atoms with van der Waals surface area (Å²) in [5.74, 6) is -2.56. The maximum absolute atomic E-state index is 15.9. The van der Waals surface area contributed by atoms with E-state index in [2.05, 4.69) is 10.6 Å². The molecule has 2 aromatic rings. The maximum Gasteiger partial charge on any atom is 0.341 e. The summed E-state index contributed by atoms with van der Waals surface area (Å²) in [6.07, 6.45) is 2.74. The molecule has 2 fully saturated rings. The summed E-state index contributed by atoms with van der Waals surface area (Å²) in [7, 11) is 0. The molecule has 2 atom stereocenters. The third kappa shape index (κ3) is 4.11. The van der Waals surface area contributed by atoms with E-state index >= 15 is 8.78 Å². The van der Waals surface area contributed by atoms with Gasteiger partial charge in [-0.05, 0) is 43.8 Å². The lowest BCUT2D eigenvalue weighted by atomic mass is 9.96. The largest absolute Gasteiger partial charge is 0.477 e. The zero-order valence-electron chi connectivity index (χ0n) is 18.5. The lowest BCUT2D eigenvalue weighted by Gasteiger charge is -2.22. The molecule has 0 bridgehead atoms. The second-order valence-corrected chi connectivity index (χ2v) is 8.77. The maximum atomic E-state index is 15.9. The van der Waals surface area contributed by atoms with Crippen LogP contribution in [0.4, 0.5) is 14.5 Å². The Morgan fingerprint density at radius 3 is 2.22 bits per heavy atom. The molecule has 7 nitrogen and oxygen atoms in total. The fourth-order valence-electron chi connectivity index (χ4n) is 4.76. The molecule has 0 amide bonds. The van der Waals surface area contributed by atoms with Crippen molar-refractivity contribution in [3.8, 4) is 0 Å². The minimum Gasteiger partial charge on any atom is -0.477 e. The van der Waals surface area contributed by atoms with Crippen LogP contribution in [0.1, 0.15) is 43.1 Å². The highest BCUT2D eigenvalue weighted by Crippen LogP contribution is 2.40. The van der Waals surface area contributed by atoms with Crippen LogP contribution < -0.4 is 21.0 Å². The van der Waals surface area contributed by atoms with Gasteiger partial charge in [0, 0.05) is 38.4 Å². The highest BCUT2D eigenvalue weighted by molar-refractivity contribution is 5.94. The summed E-state index contributed by atoms with van der Waals surface area (Å²) in [5.41, 5.74) is -1.45. The normalized spacial score (nSPS) is 20.9. The van der Waals surface area contributed by atoms with Gasteiger partial charge in [0.15, 0.2) is 5.82 Å². The predicted octanol–water partition coefficient (Wildman–Crippen LogP) is 2.58. The van der Waals surface area contributed by atoms with Crippen LogP contribution in [0.2, 0.25) is 0 Å². The molecule has 1 aromatic carbocycles. The summed E-state index contributed by atoms with van der Waals surface area (Å²) in [5, 5.41) is 15.9. The first-order chi connectivity index (χ1) is 15.4. The molecule has 0 radical (unpaired) electrons. The van der Waals surface area contributed by atoms with E-state index in [0.29, 0.717) is 13.1 Å². The molecular formula is C23H30F2N4O3. The van der Waals surface area contributed by atoms with Gasteiger partial charge in [0.1, 0.15) is 17.1 Å². The first-order valence-corrected chi connectivity index (χ1v) is 11.3. The van der Waals surface area contributed by atoms with Crippen molar-refractivity contribution >= 4 is 22.6 Å². The topological polar surface area (TPSA) is 86.6 Å². The number of hydrogen-bond donors (Lipinski definition) is 3. The molecule has 4 rings (SSSR count). The van der Waals surface area contributed by atoms with Crippen molar-refractivity contribution in [3.63, 3.8) is 0 Å². The minimum atomic E-state index is -1.40. The summed E-state index contributed by atoms with van der Waals surface area (Å²) >= 11 is 0. The number of hydrogen-bond acceptors (Lipinski definition) is 5. The van der Waals surface area contributed by atoms with Crippen LogP contribution in [-0.2, 0) is 0 Å². The fraction of sp³-hybridized carbons (Fsp3) is 0.565. The molecule has 1 aliphatic carbocycles. The number of halogens is 2. The number of carboxylic acid groups (broad SMARTS) is 1. The number of nitrogens with one attached hydrogen (secondary N) is 2. The molecule has 32 heavy (non-hydrogen) atoms. The minimum absolute atomic E-state index is 0.00253. The molecule has 1 saturated carbocycles. The highest BCUT2D eigenvalue weighted by Gasteiger charge is 2.36. The molecule has 9 heteroatoms. The van der Waals surface area contributed by atoms with Gasteiger partial charge in [-0.1, -0.05) is 13.8 Å². The van der Waals surface area contributed by atoms with Gasteiger partial charge in [0.25, 0.3) is 0 Å². The van der Waals surface area contributed by atoms with Crippen LogP contribution in [0.3, 0.4) is 0 Å². The molecule has 1 aromatic heterocycles. The van der Waals surface area contributed by atoms with Crippen molar-refractivity contribution in [1.29, 1.82) is 0 Å². The van der Waals surface area contributed by atoms with E-state index in [4.69, 9.17) is 0 Å². The van der Waals surface area contributed by atoms with Gasteiger partial charge >= 0.3 is 5.97 Å². The molecule has 2 aliphatic rings. The van der Waals surface area contributed by atoms with Gasteiger partial charge in [-0.2, -0.15) is 0 Å².